The normalized spacial score (nSPS) is 14.6. The molecule has 1 aliphatic rings. The quantitative estimate of drug-likeness (QED) is 0.785. The SMILES string of the molecule is Cc1cccc(C(C)C)c1NC(=O)[C@@H](C(C)C)N1C(=O)c2ccccc2C1=O. The summed E-state index contributed by atoms with van der Waals surface area (Å²) in [4.78, 5) is 40.1. The minimum atomic E-state index is -0.882. The molecule has 0 saturated heterocycles. The van der Waals surface area contributed by atoms with Gasteiger partial charge in [-0.05, 0) is 42.0 Å². The van der Waals surface area contributed by atoms with E-state index in [1.807, 2.05) is 39.0 Å². The first-order chi connectivity index (χ1) is 13.2. The topological polar surface area (TPSA) is 66.5 Å². The summed E-state index contributed by atoms with van der Waals surface area (Å²) < 4.78 is 0. The fourth-order valence-corrected chi connectivity index (χ4v) is 3.72. The van der Waals surface area contributed by atoms with E-state index in [2.05, 4.69) is 19.2 Å². The molecule has 1 N–H and O–H groups in total. The van der Waals surface area contributed by atoms with Crippen molar-refractivity contribution in [3.8, 4) is 0 Å². The zero-order valence-electron chi connectivity index (χ0n) is 16.9. The molecule has 0 aliphatic carbocycles. The monoisotopic (exact) mass is 378 g/mol. The van der Waals surface area contributed by atoms with E-state index in [4.69, 9.17) is 0 Å². The van der Waals surface area contributed by atoms with Crippen molar-refractivity contribution in [3.63, 3.8) is 0 Å². The number of aryl methyl sites for hydroxylation is 1. The van der Waals surface area contributed by atoms with E-state index >= 15 is 0 Å². The first-order valence-electron chi connectivity index (χ1n) is 9.61. The third-order valence-corrected chi connectivity index (χ3v) is 5.18. The highest BCUT2D eigenvalue weighted by atomic mass is 16.2. The molecule has 0 saturated carbocycles. The van der Waals surface area contributed by atoms with Crippen LogP contribution < -0.4 is 5.32 Å². The predicted octanol–water partition coefficient (Wildman–Crippen LogP) is 4.38. The van der Waals surface area contributed by atoms with Gasteiger partial charge in [-0.15, -0.1) is 0 Å². The average Bonchev–Trinajstić information content (AvgIpc) is 2.89. The Bertz CT molecular complexity index is 912. The number of carbonyl (C=O) groups is 3. The number of carbonyl (C=O) groups excluding carboxylic acids is 3. The summed E-state index contributed by atoms with van der Waals surface area (Å²) in [7, 11) is 0. The van der Waals surface area contributed by atoms with E-state index in [9.17, 15) is 14.4 Å². The minimum absolute atomic E-state index is 0.228. The van der Waals surface area contributed by atoms with Crippen LogP contribution in [0, 0.1) is 12.8 Å². The molecule has 0 aromatic heterocycles. The minimum Gasteiger partial charge on any atom is -0.324 e. The molecular weight excluding hydrogens is 352 g/mol. The molecule has 1 heterocycles. The Morgan fingerprint density at radius 2 is 1.46 bits per heavy atom. The van der Waals surface area contributed by atoms with Crippen molar-refractivity contribution in [2.75, 3.05) is 5.32 Å². The van der Waals surface area contributed by atoms with Crippen LogP contribution >= 0.6 is 0 Å². The molecule has 0 radical (unpaired) electrons. The molecule has 2 aromatic rings. The molecule has 3 rings (SSSR count). The molecule has 0 fully saturated rings. The third-order valence-electron chi connectivity index (χ3n) is 5.18. The lowest BCUT2D eigenvalue weighted by Crippen LogP contribution is -2.50. The second-order valence-corrected chi connectivity index (χ2v) is 7.90. The zero-order valence-corrected chi connectivity index (χ0v) is 16.9. The predicted molar refractivity (Wildman–Crippen MR) is 109 cm³/mol. The Labute approximate surface area is 165 Å². The van der Waals surface area contributed by atoms with Crippen LogP contribution in [0.15, 0.2) is 42.5 Å². The number of nitrogens with one attached hydrogen (secondary N) is 1. The molecule has 0 unspecified atom stereocenters. The Kier molecular flexibility index (Phi) is 5.36. The van der Waals surface area contributed by atoms with Gasteiger partial charge in [0.25, 0.3) is 11.8 Å². The van der Waals surface area contributed by atoms with Crippen molar-refractivity contribution in [2.45, 2.75) is 46.6 Å². The summed E-state index contributed by atoms with van der Waals surface area (Å²) in [6.45, 7) is 9.75. The van der Waals surface area contributed by atoms with E-state index in [0.717, 1.165) is 21.7 Å². The maximum absolute atomic E-state index is 13.3. The molecule has 2 aromatic carbocycles. The fraction of sp³-hybridized carbons (Fsp3) is 0.348. The number of imide groups is 1. The number of rotatable bonds is 5. The van der Waals surface area contributed by atoms with Gasteiger partial charge in [0.15, 0.2) is 0 Å². The molecular formula is C23H26N2O3. The molecule has 28 heavy (non-hydrogen) atoms. The van der Waals surface area contributed by atoms with Crippen LogP contribution in [-0.4, -0.2) is 28.7 Å². The second-order valence-electron chi connectivity index (χ2n) is 7.90. The van der Waals surface area contributed by atoms with Crippen LogP contribution in [0.5, 0.6) is 0 Å². The Morgan fingerprint density at radius 3 is 1.96 bits per heavy atom. The van der Waals surface area contributed by atoms with Gasteiger partial charge in [0.1, 0.15) is 6.04 Å². The summed E-state index contributed by atoms with van der Waals surface area (Å²) in [5, 5.41) is 3.00. The third kappa shape index (κ3) is 3.33. The van der Waals surface area contributed by atoms with E-state index in [-0.39, 0.29) is 17.7 Å². The van der Waals surface area contributed by atoms with Crippen LogP contribution in [0.1, 0.15) is 65.5 Å². The lowest BCUT2D eigenvalue weighted by molar-refractivity contribution is -0.121. The summed E-state index contributed by atoms with van der Waals surface area (Å²) >= 11 is 0. The average molecular weight is 378 g/mol. The standard InChI is InChI=1S/C23H26N2O3/c1-13(2)16-12-8-9-15(5)19(16)24-21(26)20(14(3)4)25-22(27)17-10-6-7-11-18(17)23(25)28/h6-14,20H,1-5H3,(H,24,26)/t20-/m1/s1. The maximum Gasteiger partial charge on any atom is 0.262 e. The highest BCUT2D eigenvalue weighted by molar-refractivity contribution is 6.23. The van der Waals surface area contributed by atoms with Gasteiger partial charge in [-0.3, -0.25) is 19.3 Å². The number of amides is 3. The molecule has 3 amide bonds. The zero-order chi connectivity index (χ0) is 20.6. The summed E-state index contributed by atoms with van der Waals surface area (Å²) in [5.74, 6) is -1.17. The highest BCUT2D eigenvalue weighted by Gasteiger charge is 2.44. The van der Waals surface area contributed by atoms with Crippen LogP contribution in [0.25, 0.3) is 0 Å². The van der Waals surface area contributed by atoms with Crippen molar-refractivity contribution < 1.29 is 14.4 Å². The fourth-order valence-electron chi connectivity index (χ4n) is 3.72. The van der Waals surface area contributed by atoms with Crippen molar-refractivity contribution in [3.05, 3.63) is 64.7 Å². The van der Waals surface area contributed by atoms with Crippen molar-refractivity contribution in [1.29, 1.82) is 0 Å². The molecule has 0 spiro atoms. The highest BCUT2D eigenvalue weighted by Crippen LogP contribution is 2.30. The first-order valence-corrected chi connectivity index (χ1v) is 9.61. The maximum atomic E-state index is 13.3. The van der Waals surface area contributed by atoms with Crippen LogP contribution in [0.3, 0.4) is 0 Å². The van der Waals surface area contributed by atoms with Crippen LogP contribution in [0.4, 0.5) is 5.69 Å². The molecule has 1 atom stereocenters. The van der Waals surface area contributed by atoms with E-state index < -0.39 is 17.9 Å². The van der Waals surface area contributed by atoms with Crippen LogP contribution in [-0.2, 0) is 4.79 Å². The van der Waals surface area contributed by atoms with Crippen LogP contribution in [0.2, 0.25) is 0 Å². The van der Waals surface area contributed by atoms with Crippen molar-refractivity contribution in [2.24, 2.45) is 5.92 Å². The number of anilines is 1. The van der Waals surface area contributed by atoms with E-state index in [1.165, 1.54) is 0 Å². The van der Waals surface area contributed by atoms with E-state index in [1.54, 1.807) is 24.3 Å². The van der Waals surface area contributed by atoms with Gasteiger partial charge in [-0.1, -0.05) is 58.0 Å². The van der Waals surface area contributed by atoms with Crippen molar-refractivity contribution >= 4 is 23.4 Å². The van der Waals surface area contributed by atoms with Gasteiger partial charge in [0.05, 0.1) is 11.1 Å². The summed E-state index contributed by atoms with van der Waals surface area (Å²) in [6, 6.07) is 11.7. The van der Waals surface area contributed by atoms with Gasteiger partial charge >= 0.3 is 0 Å². The van der Waals surface area contributed by atoms with Gasteiger partial charge < -0.3 is 5.32 Å². The van der Waals surface area contributed by atoms with Gasteiger partial charge in [-0.2, -0.15) is 0 Å². The summed E-state index contributed by atoms with van der Waals surface area (Å²) in [5.41, 5.74) is 3.43. The lowest BCUT2D eigenvalue weighted by atomic mass is 9.96. The van der Waals surface area contributed by atoms with Gasteiger partial charge in [0.2, 0.25) is 5.91 Å². The number of benzene rings is 2. The number of fused-ring (bicyclic) bond motifs is 1. The smallest absolute Gasteiger partial charge is 0.262 e. The Morgan fingerprint density at radius 1 is 0.893 bits per heavy atom. The largest absolute Gasteiger partial charge is 0.324 e. The number of hydrogen-bond donors (Lipinski definition) is 1. The summed E-state index contributed by atoms with van der Waals surface area (Å²) in [6.07, 6.45) is 0. The molecule has 5 nitrogen and oxygen atoms in total. The molecule has 0 bridgehead atoms. The van der Waals surface area contributed by atoms with Crippen molar-refractivity contribution in [1.82, 2.24) is 4.90 Å². The number of hydrogen-bond acceptors (Lipinski definition) is 3. The second kappa shape index (κ2) is 7.58. The number of para-hydroxylation sites is 1. The van der Waals surface area contributed by atoms with Gasteiger partial charge in [-0.25, -0.2) is 0 Å². The molecule has 146 valence electrons. The first kappa shape index (κ1) is 19.8. The van der Waals surface area contributed by atoms with Gasteiger partial charge in [0, 0.05) is 5.69 Å². The molecule has 1 aliphatic heterocycles. The molecule has 5 heteroatoms. The lowest BCUT2D eigenvalue weighted by Gasteiger charge is -2.29. The Hall–Kier alpha value is -2.95. The number of nitrogens with zero attached hydrogens (tertiary/aromatic N) is 1. The Balaban J connectivity index is 1.96. The van der Waals surface area contributed by atoms with E-state index in [0.29, 0.717) is 11.1 Å².